The van der Waals surface area contributed by atoms with Gasteiger partial charge in [-0.3, -0.25) is 0 Å². The fourth-order valence-corrected chi connectivity index (χ4v) is 2.14. The largest absolute Gasteiger partial charge is 0.493 e. The predicted molar refractivity (Wildman–Crippen MR) is 74.2 cm³/mol. The van der Waals surface area contributed by atoms with E-state index in [1.165, 1.54) is 0 Å². The molecule has 7 heteroatoms. The Kier molecular flexibility index (Phi) is 3.57. The summed E-state index contributed by atoms with van der Waals surface area (Å²) in [5.41, 5.74) is 18.6. The van der Waals surface area contributed by atoms with Gasteiger partial charge in [0.05, 0.1) is 19.7 Å². The van der Waals surface area contributed by atoms with Gasteiger partial charge in [-0.05, 0) is 13.0 Å². The van der Waals surface area contributed by atoms with Gasteiger partial charge in [0.1, 0.15) is 5.82 Å². The summed E-state index contributed by atoms with van der Waals surface area (Å²) in [6.45, 7) is 0.447. The van der Waals surface area contributed by atoms with Crippen molar-refractivity contribution in [3.63, 3.8) is 0 Å². The third-order valence-electron chi connectivity index (χ3n) is 2.87. The van der Waals surface area contributed by atoms with Crippen LogP contribution in [0.3, 0.4) is 0 Å². The van der Waals surface area contributed by atoms with Crippen LogP contribution in [0.2, 0.25) is 0 Å². The van der Waals surface area contributed by atoms with Crippen LogP contribution in [-0.4, -0.2) is 30.7 Å². The highest BCUT2D eigenvalue weighted by atomic mass is 16.5. The summed E-state index contributed by atoms with van der Waals surface area (Å²) in [4.78, 5) is 8.16. The molecule has 0 radical (unpaired) electrons. The van der Waals surface area contributed by atoms with Crippen LogP contribution in [0.4, 0.5) is 11.8 Å². The molecule has 0 aliphatic carbocycles. The number of rotatable bonds is 4. The zero-order valence-electron chi connectivity index (χ0n) is 10.9. The number of nitrogens with two attached hydrogens (primary N) is 3. The molecule has 1 aromatic carbocycles. The molecule has 102 valence electrons. The number of hydrogen-bond acceptors (Lipinski definition) is 7. The van der Waals surface area contributed by atoms with Crippen molar-refractivity contribution in [2.75, 3.05) is 32.2 Å². The van der Waals surface area contributed by atoms with E-state index in [2.05, 4.69) is 9.97 Å². The van der Waals surface area contributed by atoms with Crippen molar-refractivity contribution in [2.24, 2.45) is 5.73 Å². The Bertz CT molecular complexity index is 615. The van der Waals surface area contributed by atoms with Crippen molar-refractivity contribution in [3.8, 4) is 11.5 Å². The first-order chi connectivity index (χ1) is 9.12. The number of aromatic nitrogens is 2. The zero-order valence-corrected chi connectivity index (χ0v) is 10.9. The molecular weight excluding hydrogens is 246 g/mol. The summed E-state index contributed by atoms with van der Waals surface area (Å²) in [6.07, 6.45) is 0.578. The van der Waals surface area contributed by atoms with E-state index in [-0.39, 0.29) is 5.95 Å². The minimum Gasteiger partial charge on any atom is -0.493 e. The van der Waals surface area contributed by atoms with E-state index in [0.717, 1.165) is 5.56 Å². The number of nitrogens with zero attached hydrogens (tertiary/aromatic N) is 2. The van der Waals surface area contributed by atoms with Gasteiger partial charge in [0.2, 0.25) is 5.95 Å². The molecule has 0 aliphatic rings. The van der Waals surface area contributed by atoms with Crippen LogP contribution in [-0.2, 0) is 6.42 Å². The Hall–Kier alpha value is -2.28. The topological polar surface area (TPSA) is 122 Å². The summed E-state index contributed by atoms with van der Waals surface area (Å²) in [5, 5.41) is 0.706. The maximum Gasteiger partial charge on any atom is 0.222 e. The van der Waals surface area contributed by atoms with Gasteiger partial charge in [-0.25, -0.2) is 4.98 Å². The lowest BCUT2D eigenvalue weighted by molar-refractivity contribution is 0.352. The van der Waals surface area contributed by atoms with Crippen molar-refractivity contribution in [2.45, 2.75) is 6.42 Å². The first kappa shape index (κ1) is 13.2. The maximum absolute atomic E-state index is 5.93. The molecule has 0 saturated heterocycles. The Balaban J connectivity index is 2.87. The molecule has 0 spiro atoms. The van der Waals surface area contributed by atoms with E-state index in [4.69, 9.17) is 26.7 Å². The first-order valence-corrected chi connectivity index (χ1v) is 5.79. The highest BCUT2D eigenvalue weighted by Gasteiger charge is 2.18. The second-order valence-corrected chi connectivity index (χ2v) is 3.99. The van der Waals surface area contributed by atoms with Gasteiger partial charge in [-0.1, -0.05) is 0 Å². The van der Waals surface area contributed by atoms with E-state index in [0.29, 0.717) is 41.2 Å². The second kappa shape index (κ2) is 5.15. The van der Waals surface area contributed by atoms with Crippen molar-refractivity contribution in [1.29, 1.82) is 0 Å². The number of anilines is 2. The van der Waals surface area contributed by atoms with Crippen LogP contribution in [0.1, 0.15) is 5.56 Å². The summed E-state index contributed by atoms with van der Waals surface area (Å²) in [6, 6.07) is 1.72. The number of nitrogen functional groups attached to an aromatic ring is 2. The third-order valence-corrected chi connectivity index (χ3v) is 2.87. The first-order valence-electron chi connectivity index (χ1n) is 5.79. The summed E-state index contributed by atoms with van der Waals surface area (Å²) in [5.74, 6) is 1.60. The van der Waals surface area contributed by atoms with E-state index in [1.807, 2.05) is 0 Å². The van der Waals surface area contributed by atoms with Crippen molar-refractivity contribution >= 4 is 22.7 Å². The molecule has 1 aromatic heterocycles. The number of methoxy groups -OCH3 is 2. The summed E-state index contributed by atoms with van der Waals surface area (Å²) in [7, 11) is 3.13. The fourth-order valence-electron chi connectivity index (χ4n) is 2.14. The zero-order chi connectivity index (χ0) is 14.0. The van der Waals surface area contributed by atoms with Gasteiger partial charge in [-0.15, -0.1) is 0 Å². The summed E-state index contributed by atoms with van der Waals surface area (Å²) < 4.78 is 10.7. The normalized spacial score (nSPS) is 10.7. The average Bonchev–Trinajstić information content (AvgIpc) is 2.37. The van der Waals surface area contributed by atoms with Crippen LogP contribution in [0.5, 0.6) is 11.5 Å². The van der Waals surface area contributed by atoms with Crippen molar-refractivity contribution in [1.82, 2.24) is 9.97 Å². The van der Waals surface area contributed by atoms with E-state index in [9.17, 15) is 0 Å². The van der Waals surface area contributed by atoms with E-state index < -0.39 is 0 Å². The Morgan fingerprint density at radius 2 is 1.89 bits per heavy atom. The minimum atomic E-state index is 0.121. The Labute approximate surface area is 110 Å². The number of ether oxygens (including phenoxy) is 2. The van der Waals surface area contributed by atoms with Crippen LogP contribution in [0, 0.1) is 0 Å². The van der Waals surface area contributed by atoms with Crippen LogP contribution in [0.25, 0.3) is 10.9 Å². The molecule has 0 amide bonds. The van der Waals surface area contributed by atoms with Gasteiger partial charge < -0.3 is 26.7 Å². The smallest absolute Gasteiger partial charge is 0.222 e. The lowest BCUT2D eigenvalue weighted by Gasteiger charge is -2.16. The monoisotopic (exact) mass is 263 g/mol. The standard InChI is InChI=1S/C12H17N5O2/c1-18-8-5-7-9(11(14)17-12(15)16-7)6(3-4-13)10(8)19-2/h5H,3-4,13H2,1-2H3,(H4,14,15,16,17). The summed E-state index contributed by atoms with van der Waals surface area (Å²) >= 11 is 0. The van der Waals surface area contributed by atoms with Crippen LogP contribution >= 0.6 is 0 Å². The highest BCUT2D eigenvalue weighted by molar-refractivity contribution is 5.95. The van der Waals surface area contributed by atoms with Gasteiger partial charge in [0.15, 0.2) is 11.5 Å². The molecule has 0 bridgehead atoms. The van der Waals surface area contributed by atoms with Gasteiger partial charge in [-0.2, -0.15) is 4.98 Å². The molecule has 2 aromatic rings. The third kappa shape index (κ3) is 2.19. The van der Waals surface area contributed by atoms with Crippen molar-refractivity contribution < 1.29 is 9.47 Å². The molecular formula is C12H17N5O2. The maximum atomic E-state index is 5.93. The van der Waals surface area contributed by atoms with Crippen LogP contribution in [0.15, 0.2) is 6.07 Å². The second-order valence-electron chi connectivity index (χ2n) is 3.99. The number of fused-ring (bicyclic) bond motifs is 1. The van der Waals surface area contributed by atoms with Gasteiger partial charge in [0, 0.05) is 17.0 Å². The molecule has 0 aliphatic heterocycles. The molecule has 0 saturated carbocycles. The average molecular weight is 263 g/mol. The molecule has 19 heavy (non-hydrogen) atoms. The molecule has 0 atom stereocenters. The lowest BCUT2D eigenvalue weighted by atomic mass is 10.0. The molecule has 0 unspecified atom stereocenters. The molecule has 1 heterocycles. The van der Waals surface area contributed by atoms with Crippen LogP contribution < -0.4 is 26.7 Å². The quantitative estimate of drug-likeness (QED) is 0.725. The number of hydrogen-bond donors (Lipinski definition) is 3. The minimum absolute atomic E-state index is 0.121. The van der Waals surface area contributed by atoms with Gasteiger partial charge in [0.25, 0.3) is 0 Å². The lowest BCUT2D eigenvalue weighted by Crippen LogP contribution is -2.09. The Morgan fingerprint density at radius 1 is 1.16 bits per heavy atom. The number of benzene rings is 1. The fraction of sp³-hybridized carbons (Fsp3) is 0.333. The Morgan fingerprint density at radius 3 is 2.47 bits per heavy atom. The molecule has 2 rings (SSSR count). The molecule has 0 fully saturated rings. The van der Waals surface area contributed by atoms with Gasteiger partial charge >= 0.3 is 0 Å². The van der Waals surface area contributed by atoms with Crippen molar-refractivity contribution in [3.05, 3.63) is 11.6 Å². The van der Waals surface area contributed by atoms with E-state index >= 15 is 0 Å². The molecule has 7 nitrogen and oxygen atoms in total. The molecule has 6 N–H and O–H groups in total. The SMILES string of the molecule is COc1cc2nc(N)nc(N)c2c(CCN)c1OC. The predicted octanol–water partition coefficient (Wildman–Crippen LogP) is 0.313. The highest BCUT2D eigenvalue weighted by Crippen LogP contribution is 2.38. The van der Waals surface area contributed by atoms with E-state index in [1.54, 1.807) is 20.3 Å².